The Kier molecular flexibility index (Phi) is 6.55. The summed E-state index contributed by atoms with van der Waals surface area (Å²) in [6.45, 7) is 3.04. The fourth-order valence-electron chi connectivity index (χ4n) is 2.41. The minimum absolute atomic E-state index is 0.0166. The molecule has 0 saturated carbocycles. The predicted molar refractivity (Wildman–Crippen MR) is 95.7 cm³/mol. The fourth-order valence-corrected chi connectivity index (χ4v) is 2.41. The standard InChI is InChI=1S/C20H24N2O2/c1-3-16-9-11-17(12-10-16)15-22(2)19(23)13-14-21-20(24)18-7-5-4-6-8-18/h4-12H,3,13-15H2,1-2H3,(H,21,24). The lowest BCUT2D eigenvalue weighted by molar-refractivity contribution is -0.130. The molecule has 24 heavy (non-hydrogen) atoms. The van der Waals surface area contributed by atoms with Gasteiger partial charge in [0.25, 0.3) is 5.91 Å². The molecule has 0 aromatic heterocycles. The summed E-state index contributed by atoms with van der Waals surface area (Å²) in [6.07, 6.45) is 1.30. The number of benzene rings is 2. The Balaban J connectivity index is 1.76. The Morgan fingerprint density at radius 2 is 1.58 bits per heavy atom. The van der Waals surface area contributed by atoms with E-state index in [0.717, 1.165) is 12.0 Å². The van der Waals surface area contributed by atoms with Gasteiger partial charge < -0.3 is 10.2 Å². The molecule has 2 rings (SSSR count). The normalized spacial score (nSPS) is 10.2. The molecule has 0 aliphatic carbocycles. The lowest BCUT2D eigenvalue weighted by Crippen LogP contribution is -2.31. The van der Waals surface area contributed by atoms with Crippen molar-refractivity contribution in [1.29, 1.82) is 0 Å². The van der Waals surface area contributed by atoms with Crippen LogP contribution < -0.4 is 5.32 Å². The zero-order valence-electron chi connectivity index (χ0n) is 14.3. The highest BCUT2D eigenvalue weighted by molar-refractivity contribution is 5.94. The number of hydrogen-bond acceptors (Lipinski definition) is 2. The third-order valence-corrected chi connectivity index (χ3v) is 3.94. The van der Waals surface area contributed by atoms with Gasteiger partial charge in [0.05, 0.1) is 0 Å². The monoisotopic (exact) mass is 324 g/mol. The van der Waals surface area contributed by atoms with Crippen molar-refractivity contribution in [2.24, 2.45) is 0 Å². The second kappa shape index (κ2) is 8.87. The molecular formula is C20H24N2O2. The zero-order chi connectivity index (χ0) is 17.4. The van der Waals surface area contributed by atoms with Crippen LogP contribution in [0.15, 0.2) is 54.6 Å². The molecule has 126 valence electrons. The van der Waals surface area contributed by atoms with Crippen LogP contribution in [0, 0.1) is 0 Å². The van der Waals surface area contributed by atoms with Crippen LogP contribution in [0.3, 0.4) is 0 Å². The highest BCUT2D eigenvalue weighted by atomic mass is 16.2. The molecule has 0 aliphatic heterocycles. The van der Waals surface area contributed by atoms with Gasteiger partial charge in [-0.05, 0) is 29.7 Å². The van der Waals surface area contributed by atoms with Gasteiger partial charge in [0.1, 0.15) is 0 Å². The molecule has 0 atom stereocenters. The van der Waals surface area contributed by atoms with Crippen molar-refractivity contribution in [3.8, 4) is 0 Å². The molecule has 0 fully saturated rings. The van der Waals surface area contributed by atoms with E-state index in [9.17, 15) is 9.59 Å². The van der Waals surface area contributed by atoms with Crippen molar-refractivity contribution in [2.75, 3.05) is 13.6 Å². The minimum atomic E-state index is -0.152. The summed E-state index contributed by atoms with van der Waals surface area (Å²) < 4.78 is 0. The SMILES string of the molecule is CCc1ccc(CN(C)C(=O)CCNC(=O)c2ccccc2)cc1. The van der Waals surface area contributed by atoms with Crippen molar-refractivity contribution >= 4 is 11.8 Å². The maximum absolute atomic E-state index is 12.2. The molecule has 2 aromatic carbocycles. The first-order valence-corrected chi connectivity index (χ1v) is 8.25. The van der Waals surface area contributed by atoms with E-state index in [1.807, 2.05) is 18.2 Å². The van der Waals surface area contributed by atoms with Crippen molar-refractivity contribution < 1.29 is 9.59 Å². The highest BCUT2D eigenvalue weighted by Gasteiger charge is 2.10. The summed E-state index contributed by atoms with van der Waals surface area (Å²) in [5, 5.41) is 2.78. The fraction of sp³-hybridized carbons (Fsp3) is 0.300. The van der Waals surface area contributed by atoms with E-state index in [-0.39, 0.29) is 11.8 Å². The van der Waals surface area contributed by atoms with Gasteiger partial charge in [0, 0.05) is 32.1 Å². The molecule has 0 heterocycles. The molecule has 0 radical (unpaired) electrons. The number of nitrogens with zero attached hydrogens (tertiary/aromatic N) is 1. The lowest BCUT2D eigenvalue weighted by atomic mass is 10.1. The van der Waals surface area contributed by atoms with Crippen molar-refractivity contribution in [3.63, 3.8) is 0 Å². The van der Waals surface area contributed by atoms with E-state index in [1.54, 1.807) is 24.1 Å². The quantitative estimate of drug-likeness (QED) is 0.851. The number of nitrogens with one attached hydrogen (secondary N) is 1. The maximum atomic E-state index is 12.2. The number of amides is 2. The van der Waals surface area contributed by atoms with E-state index in [4.69, 9.17) is 0 Å². The number of carbonyl (C=O) groups excluding carboxylic acids is 2. The van der Waals surface area contributed by atoms with E-state index >= 15 is 0 Å². The number of carbonyl (C=O) groups is 2. The van der Waals surface area contributed by atoms with E-state index in [1.165, 1.54) is 5.56 Å². The van der Waals surface area contributed by atoms with Gasteiger partial charge in [-0.2, -0.15) is 0 Å². The second-order valence-electron chi connectivity index (χ2n) is 5.79. The Labute approximate surface area is 143 Å². The van der Waals surface area contributed by atoms with E-state index in [0.29, 0.717) is 25.1 Å². The second-order valence-corrected chi connectivity index (χ2v) is 5.79. The summed E-state index contributed by atoms with van der Waals surface area (Å²) in [7, 11) is 1.79. The van der Waals surface area contributed by atoms with Gasteiger partial charge >= 0.3 is 0 Å². The van der Waals surface area contributed by atoms with Crippen LogP contribution in [0.5, 0.6) is 0 Å². The van der Waals surface area contributed by atoms with Crippen LogP contribution in [0.2, 0.25) is 0 Å². The predicted octanol–water partition coefficient (Wildman–Crippen LogP) is 3.03. The largest absolute Gasteiger partial charge is 0.352 e. The molecule has 4 heteroatoms. The van der Waals surface area contributed by atoms with Crippen molar-refractivity contribution in [3.05, 3.63) is 71.3 Å². The molecular weight excluding hydrogens is 300 g/mol. The molecule has 0 aliphatic rings. The number of hydrogen-bond donors (Lipinski definition) is 1. The lowest BCUT2D eigenvalue weighted by Gasteiger charge is -2.17. The van der Waals surface area contributed by atoms with Gasteiger partial charge in [-0.25, -0.2) is 0 Å². The summed E-state index contributed by atoms with van der Waals surface area (Å²) in [5.41, 5.74) is 3.00. The summed E-state index contributed by atoms with van der Waals surface area (Å²) >= 11 is 0. The van der Waals surface area contributed by atoms with Crippen molar-refractivity contribution in [1.82, 2.24) is 10.2 Å². The van der Waals surface area contributed by atoms with Gasteiger partial charge in [-0.15, -0.1) is 0 Å². The van der Waals surface area contributed by atoms with Gasteiger partial charge in [-0.3, -0.25) is 9.59 Å². The highest BCUT2D eigenvalue weighted by Crippen LogP contribution is 2.08. The third kappa shape index (κ3) is 5.23. The van der Waals surface area contributed by atoms with Crippen LogP contribution in [-0.4, -0.2) is 30.3 Å². The molecule has 0 saturated heterocycles. The zero-order valence-corrected chi connectivity index (χ0v) is 14.3. The molecule has 0 spiro atoms. The summed E-state index contributed by atoms with van der Waals surface area (Å²) in [6, 6.07) is 17.3. The first-order chi connectivity index (χ1) is 11.6. The Morgan fingerprint density at radius 1 is 0.958 bits per heavy atom. The molecule has 1 N–H and O–H groups in total. The Hall–Kier alpha value is -2.62. The molecule has 2 aromatic rings. The first-order valence-electron chi connectivity index (χ1n) is 8.25. The first kappa shape index (κ1) is 17.7. The smallest absolute Gasteiger partial charge is 0.251 e. The molecule has 4 nitrogen and oxygen atoms in total. The Bertz CT molecular complexity index is 666. The number of rotatable bonds is 7. The van der Waals surface area contributed by atoms with Crippen LogP contribution in [0.1, 0.15) is 34.8 Å². The van der Waals surface area contributed by atoms with E-state index in [2.05, 4.69) is 36.5 Å². The average molecular weight is 324 g/mol. The Morgan fingerprint density at radius 3 is 2.21 bits per heavy atom. The van der Waals surface area contributed by atoms with Gasteiger partial charge in [0.2, 0.25) is 5.91 Å². The van der Waals surface area contributed by atoms with Crippen LogP contribution in [-0.2, 0) is 17.8 Å². The molecule has 2 amide bonds. The topological polar surface area (TPSA) is 49.4 Å². The minimum Gasteiger partial charge on any atom is -0.352 e. The van der Waals surface area contributed by atoms with Gasteiger partial charge in [0.15, 0.2) is 0 Å². The molecule has 0 bridgehead atoms. The maximum Gasteiger partial charge on any atom is 0.251 e. The summed E-state index contributed by atoms with van der Waals surface area (Å²) in [4.78, 5) is 25.8. The average Bonchev–Trinajstić information content (AvgIpc) is 2.62. The summed E-state index contributed by atoms with van der Waals surface area (Å²) in [5.74, 6) is -0.135. The number of aryl methyl sites for hydroxylation is 1. The van der Waals surface area contributed by atoms with Crippen LogP contribution in [0.25, 0.3) is 0 Å². The molecule has 0 unspecified atom stereocenters. The third-order valence-electron chi connectivity index (χ3n) is 3.94. The van der Waals surface area contributed by atoms with Gasteiger partial charge in [-0.1, -0.05) is 49.4 Å². The van der Waals surface area contributed by atoms with Crippen LogP contribution >= 0.6 is 0 Å². The van der Waals surface area contributed by atoms with Crippen LogP contribution in [0.4, 0.5) is 0 Å². The van der Waals surface area contributed by atoms with E-state index < -0.39 is 0 Å². The van der Waals surface area contributed by atoms with Crippen molar-refractivity contribution in [2.45, 2.75) is 26.3 Å².